The van der Waals surface area contributed by atoms with Gasteiger partial charge >= 0.3 is 6.03 Å². The fraction of sp³-hybridized carbons (Fsp3) is 0.529. The van der Waals surface area contributed by atoms with Crippen molar-refractivity contribution in [2.45, 2.75) is 39.0 Å². The summed E-state index contributed by atoms with van der Waals surface area (Å²) in [5.41, 5.74) is 1.31. The average molecular weight is 329 g/mol. The molecule has 0 saturated carbocycles. The molecule has 2 aromatic heterocycles. The molecule has 0 aliphatic carbocycles. The van der Waals surface area contributed by atoms with Gasteiger partial charge in [-0.2, -0.15) is 0 Å². The van der Waals surface area contributed by atoms with E-state index in [4.69, 9.17) is 0 Å². The maximum absolute atomic E-state index is 11.7. The van der Waals surface area contributed by atoms with E-state index in [1.807, 2.05) is 12.5 Å². The third-order valence-electron chi connectivity index (χ3n) is 5.61. The number of rotatable bonds is 1. The zero-order valence-corrected chi connectivity index (χ0v) is 14.2. The average Bonchev–Trinajstić information content (AvgIpc) is 3.06. The molecule has 2 saturated heterocycles. The van der Waals surface area contributed by atoms with Gasteiger partial charge in [-0.1, -0.05) is 13.8 Å². The van der Waals surface area contributed by atoms with E-state index in [9.17, 15) is 9.90 Å². The number of nitrogens with zero attached hydrogens (tertiary/aromatic N) is 3. The van der Waals surface area contributed by atoms with Gasteiger partial charge in [-0.05, 0) is 31.0 Å². The van der Waals surface area contributed by atoms with E-state index in [0.29, 0.717) is 6.42 Å². The lowest BCUT2D eigenvalue weighted by Gasteiger charge is -2.52. The second kappa shape index (κ2) is 4.86. The van der Waals surface area contributed by atoms with Crippen molar-refractivity contribution in [2.24, 2.45) is 5.41 Å². The van der Waals surface area contributed by atoms with E-state index < -0.39 is 11.8 Å². The highest BCUT2D eigenvalue weighted by atomic mass is 16.3. The maximum Gasteiger partial charge on any atom is 0.317 e. The highest BCUT2D eigenvalue weighted by Crippen LogP contribution is 2.43. The number of nitrogens with one attached hydrogen (secondary N) is 2. The number of piperidine rings is 1. The molecular formula is C17H23N5O2. The third kappa shape index (κ3) is 2.00. The number of fused-ring (bicyclic) bond motifs is 1. The van der Waals surface area contributed by atoms with Crippen molar-refractivity contribution in [3.63, 3.8) is 0 Å². The zero-order valence-electron chi connectivity index (χ0n) is 14.2. The van der Waals surface area contributed by atoms with E-state index in [-0.39, 0.29) is 11.4 Å². The quantitative estimate of drug-likeness (QED) is 0.735. The van der Waals surface area contributed by atoms with Crippen LogP contribution in [0.2, 0.25) is 0 Å². The highest BCUT2D eigenvalue weighted by Gasteiger charge is 2.58. The monoisotopic (exact) mass is 329 g/mol. The highest BCUT2D eigenvalue weighted by molar-refractivity contribution is 5.78. The molecule has 1 spiro atoms. The van der Waals surface area contributed by atoms with Crippen molar-refractivity contribution in [1.82, 2.24) is 20.0 Å². The molecule has 2 amide bonds. The molecule has 0 aromatic carbocycles. The minimum atomic E-state index is -0.868. The SMILES string of the molecule is Cc1cc(N2CCC3(NC(=O)NC3O)C(C)(C)C2)n2cncc2c1. The molecule has 2 atom stereocenters. The molecule has 128 valence electrons. The van der Waals surface area contributed by atoms with Gasteiger partial charge in [0.2, 0.25) is 0 Å². The Hall–Kier alpha value is -2.28. The lowest BCUT2D eigenvalue weighted by Crippen LogP contribution is -2.67. The molecule has 24 heavy (non-hydrogen) atoms. The van der Waals surface area contributed by atoms with Gasteiger partial charge in [-0.3, -0.25) is 4.40 Å². The number of hydrogen-bond donors (Lipinski definition) is 3. The van der Waals surface area contributed by atoms with Crippen LogP contribution in [0.5, 0.6) is 0 Å². The number of aliphatic hydroxyl groups excluding tert-OH is 1. The Balaban J connectivity index is 1.71. The smallest absolute Gasteiger partial charge is 0.317 e. The molecule has 3 N–H and O–H groups in total. The largest absolute Gasteiger partial charge is 0.371 e. The first-order valence-corrected chi connectivity index (χ1v) is 8.27. The van der Waals surface area contributed by atoms with Gasteiger partial charge in [0.05, 0.1) is 17.3 Å². The molecule has 0 bridgehead atoms. The maximum atomic E-state index is 11.7. The number of carbonyl (C=O) groups excluding carboxylic acids is 1. The fourth-order valence-corrected chi connectivity index (χ4v) is 4.23. The van der Waals surface area contributed by atoms with Crippen molar-refractivity contribution in [1.29, 1.82) is 0 Å². The lowest BCUT2D eigenvalue weighted by molar-refractivity contribution is -0.00978. The van der Waals surface area contributed by atoms with Gasteiger partial charge in [-0.25, -0.2) is 9.78 Å². The van der Waals surface area contributed by atoms with Crippen LogP contribution in [0, 0.1) is 12.3 Å². The van der Waals surface area contributed by atoms with E-state index in [1.54, 1.807) is 0 Å². The van der Waals surface area contributed by atoms with Crippen molar-refractivity contribution >= 4 is 17.4 Å². The van der Waals surface area contributed by atoms with Crippen LogP contribution in [-0.4, -0.2) is 45.4 Å². The van der Waals surface area contributed by atoms with Gasteiger partial charge in [0.1, 0.15) is 12.1 Å². The molecule has 4 heterocycles. The van der Waals surface area contributed by atoms with Crippen LogP contribution >= 0.6 is 0 Å². The molecule has 2 aromatic rings. The summed E-state index contributed by atoms with van der Waals surface area (Å²) in [6.07, 6.45) is 3.49. The summed E-state index contributed by atoms with van der Waals surface area (Å²) >= 11 is 0. The predicted octanol–water partition coefficient (Wildman–Crippen LogP) is 1.25. The Morgan fingerprint density at radius 2 is 2.17 bits per heavy atom. The van der Waals surface area contributed by atoms with E-state index >= 15 is 0 Å². The molecule has 7 heteroatoms. The van der Waals surface area contributed by atoms with E-state index in [2.05, 4.69) is 57.8 Å². The minimum absolute atomic E-state index is 0.295. The van der Waals surface area contributed by atoms with Crippen molar-refractivity contribution in [3.8, 4) is 0 Å². The predicted molar refractivity (Wildman–Crippen MR) is 90.9 cm³/mol. The first-order chi connectivity index (χ1) is 11.3. The molecule has 2 fully saturated rings. The van der Waals surface area contributed by atoms with Crippen LogP contribution in [0.3, 0.4) is 0 Å². The number of anilines is 1. The Bertz CT molecular complexity index is 814. The first-order valence-electron chi connectivity index (χ1n) is 8.27. The summed E-state index contributed by atoms with van der Waals surface area (Å²) in [6, 6.07) is 3.97. The topological polar surface area (TPSA) is 81.9 Å². The second-order valence-electron chi connectivity index (χ2n) is 7.61. The molecule has 7 nitrogen and oxygen atoms in total. The fourth-order valence-electron chi connectivity index (χ4n) is 4.23. The van der Waals surface area contributed by atoms with Crippen LogP contribution < -0.4 is 15.5 Å². The number of aromatic nitrogens is 2. The number of aryl methyl sites for hydroxylation is 1. The molecule has 4 rings (SSSR count). The van der Waals surface area contributed by atoms with Crippen LogP contribution in [0.4, 0.5) is 10.6 Å². The molecule has 2 aliphatic heterocycles. The summed E-state index contributed by atoms with van der Waals surface area (Å²) in [7, 11) is 0. The number of aliphatic hydroxyl groups is 1. The van der Waals surface area contributed by atoms with Crippen LogP contribution in [0.25, 0.3) is 5.52 Å². The number of urea groups is 1. The van der Waals surface area contributed by atoms with Crippen molar-refractivity contribution in [3.05, 3.63) is 30.2 Å². The van der Waals surface area contributed by atoms with Crippen LogP contribution in [0.1, 0.15) is 25.8 Å². The number of imidazole rings is 1. The van der Waals surface area contributed by atoms with Gasteiger partial charge < -0.3 is 20.6 Å². The number of carbonyl (C=O) groups is 1. The molecule has 2 unspecified atom stereocenters. The molecular weight excluding hydrogens is 306 g/mol. The second-order valence-corrected chi connectivity index (χ2v) is 7.61. The summed E-state index contributed by atoms with van der Waals surface area (Å²) < 4.78 is 2.09. The van der Waals surface area contributed by atoms with Crippen LogP contribution in [0.15, 0.2) is 24.7 Å². The lowest BCUT2D eigenvalue weighted by atomic mass is 9.67. The molecule has 2 aliphatic rings. The number of hydrogen-bond acceptors (Lipinski definition) is 4. The zero-order chi connectivity index (χ0) is 17.1. The summed E-state index contributed by atoms with van der Waals surface area (Å²) in [5.74, 6) is 1.09. The Kier molecular flexibility index (Phi) is 3.09. The standard InChI is InChI=1S/C17H23N5O2/c1-11-6-12-8-18-10-22(12)13(7-11)21-5-4-17(16(2,3)9-21)14(23)19-15(24)20-17/h6-8,10,14,23H,4-5,9H2,1-3H3,(H2,19,20,24). The van der Waals surface area contributed by atoms with Gasteiger partial charge in [0.25, 0.3) is 0 Å². The van der Waals surface area contributed by atoms with Gasteiger partial charge in [-0.15, -0.1) is 0 Å². The molecule has 0 radical (unpaired) electrons. The van der Waals surface area contributed by atoms with Gasteiger partial charge in [0.15, 0.2) is 6.23 Å². The Morgan fingerprint density at radius 1 is 1.38 bits per heavy atom. The van der Waals surface area contributed by atoms with Crippen molar-refractivity contribution < 1.29 is 9.90 Å². The van der Waals surface area contributed by atoms with E-state index in [0.717, 1.165) is 24.4 Å². The van der Waals surface area contributed by atoms with Crippen molar-refractivity contribution in [2.75, 3.05) is 18.0 Å². The first kappa shape index (κ1) is 15.3. The summed E-state index contributed by atoms with van der Waals surface area (Å²) in [5, 5.41) is 16.0. The normalized spacial score (nSPS) is 29.1. The third-order valence-corrected chi connectivity index (χ3v) is 5.61. The summed E-state index contributed by atoms with van der Waals surface area (Å²) in [4.78, 5) is 18.3. The van der Waals surface area contributed by atoms with E-state index in [1.165, 1.54) is 5.56 Å². The number of amides is 2. The Labute approximate surface area is 140 Å². The van der Waals surface area contributed by atoms with Crippen LogP contribution in [-0.2, 0) is 0 Å². The summed E-state index contributed by atoms with van der Waals surface area (Å²) in [6.45, 7) is 7.74. The minimum Gasteiger partial charge on any atom is -0.371 e. The number of pyridine rings is 1. The van der Waals surface area contributed by atoms with Gasteiger partial charge in [0, 0.05) is 18.5 Å². The Morgan fingerprint density at radius 3 is 2.83 bits per heavy atom.